The first-order valence-corrected chi connectivity index (χ1v) is 10.1. The van der Waals surface area contributed by atoms with E-state index in [9.17, 15) is 19.5 Å². The Bertz CT molecular complexity index is 620. The fourth-order valence-electron chi connectivity index (χ4n) is 2.96. The molecule has 2 amide bonds. The van der Waals surface area contributed by atoms with Crippen LogP contribution in [0.5, 0.6) is 0 Å². The molecule has 6 nitrogen and oxygen atoms in total. The number of carboxylic acids is 1. The lowest BCUT2D eigenvalue weighted by atomic mass is 9.80. The van der Waals surface area contributed by atoms with Crippen molar-refractivity contribution in [2.45, 2.75) is 48.4 Å². The number of imide groups is 1. The Morgan fingerprint density at radius 2 is 1.96 bits per heavy atom. The van der Waals surface area contributed by atoms with Crippen LogP contribution in [0.1, 0.15) is 32.1 Å². The van der Waals surface area contributed by atoms with Crippen molar-refractivity contribution in [2.75, 3.05) is 0 Å². The first-order chi connectivity index (χ1) is 11.6. The number of aromatic nitrogens is 1. The summed E-state index contributed by atoms with van der Waals surface area (Å²) in [4.78, 5) is 41.2. The molecule has 1 N–H and O–H groups in total. The van der Waals surface area contributed by atoms with E-state index in [2.05, 4.69) is 4.98 Å². The fraction of sp³-hybridized carbons (Fsp3) is 0.500. The molecule has 1 aliphatic carbocycles. The molecule has 1 aromatic heterocycles. The van der Waals surface area contributed by atoms with Crippen LogP contribution in [0.4, 0.5) is 0 Å². The number of amides is 2. The Hall–Kier alpha value is -1.54. The van der Waals surface area contributed by atoms with Gasteiger partial charge in [-0.3, -0.25) is 14.5 Å². The summed E-state index contributed by atoms with van der Waals surface area (Å²) in [6.45, 7) is 0. The maximum atomic E-state index is 12.1. The van der Waals surface area contributed by atoms with Gasteiger partial charge >= 0.3 is 5.97 Å². The summed E-state index contributed by atoms with van der Waals surface area (Å²) in [5, 5.41) is 10.2. The molecule has 2 fully saturated rings. The average Bonchev–Trinajstić information content (AvgIpc) is 2.84. The van der Waals surface area contributed by atoms with Crippen LogP contribution in [0.2, 0.25) is 0 Å². The van der Waals surface area contributed by atoms with Crippen LogP contribution in [0.25, 0.3) is 0 Å². The standard InChI is InChI=1S/C16H18N2O4S2/c19-12-7-8-13(20)18(12)14(16(21)22)15(10-4-3-5-10)24-23-11-6-1-2-9-17-11/h1-2,6,9-10,14-15H,3-5,7-8H2,(H,21,22). The van der Waals surface area contributed by atoms with Crippen molar-refractivity contribution >= 4 is 39.4 Å². The number of pyridine rings is 1. The Labute approximate surface area is 147 Å². The predicted molar refractivity (Wildman–Crippen MR) is 91.3 cm³/mol. The molecule has 1 aliphatic heterocycles. The molecule has 2 heterocycles. The first kappa shape index (κ1) is 17.3. The maximum Gasteiger partial charge on any atom is 0.328 e. The summed E-state index contributed by atoms with van der Waals surface area (Å²) in [7, 11) is 2.82. The lowest BCUT2D eigenvalue weighted by molar-refractivity contribution is -0.154. The minimum absolute atomic E-state index is 0.109. The summed E-state index contributed by atoms with van der Waals surface area (Å²) in [5.41, 5.74) is 0. The topological polar surface area (TPSA) is 87.6 Å². The zero-order valence-electron chi connectivity index (χ0n) is 13.0. The van der Waals surface area contributed by atoms with Crippen molar-refractivity contribution in [3.05, 3.63) is 24.4 Å². The van der Waals surface area contributed by atoms with Crippen molar-refractivity contribution in [2.24, 2.45) is 5.92 Å². The monoisotopic (exact) mass is 366 g/mol. The van der Waals surface area contributed by atoms with Gasteiger partial charge in [-0.25, -0.2) is 9.78 Å². The third-order valence-corrected chi connectivity index (χ3v) is 7.27. The molecular formula is C16H18N2O4S2. The molecule has 2 atom stereocenters. The second-order valence-corrected chi connectivity index (χ2v) is 8.34. The Balaban J connectivity index is 1.80. The lowest BCUT2D eigenvalue weighted by Gasteiger charge is -2.38. The molecule has 2 unspecified atom stereocenters. The highest BCUT2D eigenvalue weighted by molar-refractivity contribution is 8.76. The third kappa shape index (κ3) is 3.59. The van der Waals surface area contributed by atoms with Gasteiger partial charge in [0.2, 0.25) is 11.8 Å². The summed E-state index contributed by atoms with van der Waals surface area (Å²) in [6, 6.07) is 4.45. The van der Waals surface area contributed by atoms with Gasteiger partial charge < -0.3 is 5.11 Å². The summed E-state index contributed by atoms with van der Waals surface area (Å²) in [5.74, 6) is -1.65. The normalized spacial score (nSPS) is 20.8. The van der Waals surface area contributed by atoms with Crippen molar-refractivity contribution in [3.63, 3.8) is 0 Å². The fourth-order valence-corrected chi connectivity index (χ4v) is 5.89. The number of hydrogen-bond acceptors (Lipinski definition) is 6. The van der Waals surface area contributed by atoms with Crippen LogP contribution in [0.3, 0.4) is 0 Å². The van der Waals surface area contributed by atoms with E-state index in [1.165, 1.54) is 21.6 Å². The van der Waals surface area contributed by atoms with Gasteiger partial charge in [0.05, 0.1) is 5.25 Å². The number of hydrogen-bond donors (Lipinski definition) is 1. The Morgan fingerprint density at radius 1 is 1.25 bits per heavy atom. The summed E-state index contributed by atoms with van der Waals surface area (Å²) >= 11 is 0. The molecule has 1 aromatic rings. The third-order valence-electron chi connectivity index (χ3n) is 4.43. The molecule has 0 spiro atoms. The van der Waals surface area contributed by atoms with Gasteiger partial charge in [0.25, 0.3) is 0 Å². The number of aliphatic carboxylic acids is 1. The number of rotatable bonds is 7. The van der Waals surface area contributed by atoms with Crippen molar-refractivity contribution < 1.29 is 19.5 Å². The number of likely N-dealkylation sites (tertiary alicyclic amines) is 1. The highest BCUT2D eigenvalue weighted by Crippen LogP contribution is 2.45. The molecule has 0 radical (unpaired) electrons. The molecular weight excluding hydrogens is 348 g/mol. The predicted octanol–water partition coefficient (Wildman–Crippen LogP) is 2.59. The molecule has 0 aromatic carbocycles. The largest absolute Gasteiger partial charge is 0.480 e. The second kappa shape index (κ2) is 7.57. The van der Waals surface area contributed by atoms with Gasteiger partial charge in [-0.05, 0) is 41.7 Å². The van der Waals surface area contributed by atoms with E-state index in [0.29, 0.717) is 0 Å². The van der Waals surface area contributed by atoms with Crippen LogP contribution in [-0.2, 0) is 14.4 Å². The molecule has 3 rings (SSSR count). The lowest BCUT2D eigenvalue weighted by Crippen LogP contribution is -2.53. The van der Waals surface area contributed by atoms with Crippen LogP contribution >= 0.6 is 21.6 Å². The first-order valence-electron chi connectivity index (χ1n) is 7.90. The maximum absolute atomic E-state index is 12.1. The smallest absolute Gasteiger partial charge is 0.328 e. The van der Waals surface area contributed by atoms with Crippen molar-refractivity contribution in [1.29, 1.82) is 0 Å². The Morgan fingerprint density at radius 3 is 2.46 bits per heavy atom. The number of carbonyl (C=O) groups is 3. The van der Waals surface area contributed by atoms with Crippen molar-refractivity contribution in [3.8, 4) is 0 Å². The molecule has 2 aliphatic rings. The molecule has 8 heteroatoms. The van der Waals surface area contributed by atoms with Gasteiger partial charge in [-0.1, -0.05) is 23.3 Å². The highest BCUT2D eigenvalue weighted by Gasteiger charge is 2.47. The number of nitrogens with zero attached hydrogens (tertiary/aromatic N) is 2. The minimum atomic E-state index is -1.11. The van der Waals surface area contributed by atoms with Crippen molar-refractivity contribution in [1.82, 2.24) is 9.88 Å². The van der Waals surface area contributed by atoms with Crippen LogP contribution in [-0.4, -0.2) is 44.1 Å². The summed E-state index contributed by atoms with van der Waals surface area (Å²) in [6.07, 6.45) is 4.82. The number of carbonyl (C=O) groups excluding carboxylic acids is 2. The van der Waals surface area contributed by atoms with E-state index in [-0.39, 0.29) is 35.8 Å². The zero-order chi connectivity index (χ0) is 17.1. The van der Waals surface area contributed by atoms with E-state index in [1.807, 2.05) is 18.2 Å². The zero-order valence-corrected chi connectivity index (χ0v) is 14.6. The Kier molecular flexibility index (Phi) is 5.45. The molecule has 1 saturated heterocycles. The van der Waals surface area contributed by atoms with Gasteiger partial charge in [-0.2, -0.15) is 0 Å². The highest BCUT2D eigenvalue weighted by atomic mass is 33.1. The van der Waals surface area contributed by atoms with E-state index in [4.69, 9.17) is 0 Å². The average molecular weight is 366 g/mol. The van der Waals surface area contributed by atoms with E-state index in [0.717, 1.165) is 29.2 Å². The molecule has 24 heavy (non-hydrogen) atoms. The van der Waals surface area contributed by atoms with E-state index in [1.54, 1.807) is 6.20 Å². The molecule has 1 saturated carbocycles. The van der Waals surface area contributed by atoms with Gasteiger partial charge in [0.15, 0.2) is 0 Å². The van der Waals surface area contributed by atoms with Gasteiger partial charge in [0.1, 0.15) is 11.1 Å². The van der Waals surface area contributed by atoms with Crippen LogP contribution < -0.4 is 0 Å². The van der Waals surface area contributed by atoms with Crippen LogP contribution in [0.15, 0.2) is 29.4 Å². The van der Waals surface area contributed by atoms with Gasteiger partial charge in [-0.15, -0.1) is 0 Å². The molecule has 0 bridgehead atoms. The van der Waals surface area contributed by atoms with Crippen LogP contribution in [0, 0.1) is 5.92 Å². The second-order valence-electron chi connectivity index (χ2n) is 5.94. The SMILES string of the molecule is O=C(O)C(C(SSc1ccccn1)C1CCC1)N1C(=O)CCC1=O. The number of carboxylic acid groups (broad SMARTS) is 1. The quantitative estimate of drug-likeness (QED) is 0.586. The summed E-state index contributed by atoms with van der Waals surface area (Å²) < 4.78 is 0. The van der Waals surface area contributed by atoms with Gasteiger partial charge in [0, 0.05) is 19.0 Å². The van der Waals surface area contributed by atoms with E-state index >= 15 is 0 Å². The minimum Gasteiger partial charge on any atom is -0.480 e. The van der Waals surface area contributed by atoms with E-state index < -0.39 is 12.0 Å². The molecule has 128 valence electrons.